The number of thiophene rings is 1. The third kappa shape index (κ3) is 3.44. The third-order valence-corrected chi connectivity index (χ3v) is 5.30. The Morgan fingerprint density at radius 2 is 2.24 bits per heavy atom. The maximum atomic E-state index is 12.7. The maximum absolute atomic E-state index is 12.7. The van der Waals surface area contributed by atoms with Gasteiger partial charge in [0.05, 0.1) is 17.4 Å². The fraction of sp³-hybridized carbons (Fsp3) is 0.600. The van der Waals surface area contributed by atoms with Crippen LogP contribution in [0.3, 0.4) is 0 Å². The Hall–Kier alpha value is -1.40. The fourth-order valence-electron chi connectivity index (χ4n) is 2.81. The molecule has 0 aliphatic carbocycles. The second-order valence-electron chi connectivity index (χ2n) is 5.37. The van der Waals surface area contributed by atoms with Crippen LogP contribution in [-0.2, 0) is 16.0 Å². The molecule has 2 unspecified atom stereocenters. The molecule has 1 aliphatic rings. The second kappa shape index (κ2) is 6.58. The zero-order chi connectivity index (χ0) is 15.6. The Bertz CT molecular complexity index is 540. The van der Waals surface area contributed by atoms with Crippen molar-refractivity contribution in [1.82, 2.24) is 4.90 Å². The van der Waals surface area contributed by atoms with Gasteiger partial charge >= 0.3 is 5.97 Å². The van der Waals surface area contributed by atoms with Gasteiger partial charge in [-0.05, 0) is 31.4 Å². The van der Waals surface area contributed by atoms with E-state index in [1.54, 1.807) is 12.0 Å². The van der Waals surface area contributed by atoms with Crippen LogP contribution < -0.4 is 0 Å². The van der Waals surface area contributed by atoms with Gasteiger partial charge in [0.2, 0.25) is 0 Å². The molecule has 1 amide bonds. The van der Waals surface area contributed by atoms with Crippen molar-refractivity contribution in [3.05, 3.63) is 21.4 Å². The first-order chi connectivity index (χ1) is 9.96. The molecule has 1 N–H and O–H groups in total. The van der Waals surface area contributed by atoms with Gasteiger partial charge < -0.3 is 14.7 Å². The number of carbonyl (C=O) groups excluding carboxylic acids is 1. The number of carboxylic acids is 1. The predicted molar refractivity (Wildman–Crippen MR) is 80.9 cm³/mol. The minimum atomic E-state index is -0.883. The van der Waals surface area contributed by atoms with Crippen molar-refractivity contribution in [3.63, 3.8) is 0 Å². The lowest BCUT2D eigenvalue weighted by atomic mass is 10.1. The van der Waals surface area contributed by atoms with E-state index in [2.05, 4.69) is 6.92 Å². The molecule has 116 valence electrons. The Morgan fingerprint density at radius 1 is 1.52 bits per heavy atom. The van der Waals surface area contributed by atoms with Crippen molar-refractivity contribution in [1.29, 1.82) is 0 Å². The lowest BCUT2D eigenvalue weighted by Crippen LogP contribution is -2.36. The molecule has 1 aliphatic heterocycles. The molecule has 0 spiro atoms. The standard InChI is InChI=1S/C15H21NO4S/c1-4-12-9(2)5-13(21-12)15(19)16-8-11(20-3)6-10(16)7-14(17)18/h5,10-11H,4,6-8H2,1-3H3,(H,17,18). The summed E-state index contributed by atoms with van der Waals surface area (Å²) in [6, 6.07) is 1.62. The van der Waals surface area contributed by atoms with Crippen LogP contribution in [0.2, 0.25) is 0 Å². The first-order valence-electron chi connectivity index (χ1n) is 7.11. The number of hydrogen-bond donors (Lipinski definition) is 1. The molecule has 1 aromatic heterocycles. The van der Waals surface area contributed by atoms with Crippen LogP contribution in [-0.4, -0.2) is 47.7 Å². The molecule has 2 heterocycles. The van der Waals surface area contributed by atoms with Gasteiger partial charge in [0, 0.05) is 24.6 Å². The molecular weight excluding hydrogens is 290 g/mol. The van der Waals surface area contributed by atoms with Crippen molar-refractivity contribution < 1.29 is 19.4 Å². The number of carboxylic acid groups (broad SMARTS) is 1. The zero-order valence-electron chi connectivity index (χ0n) is 12.6. The maximum Gasteiger partial charge on any atom is 0.305 e. The fourth-order valence-corrected chi connectivity index (χ4v) is 3.88. The summed E-state index contributed by atoms with van der Waals surface area (Å²) >= 11 is 1.50. The number of ether oxygens (including phenoxy) is 1. The summed E-state index contributed by atoms with van der Waals surface area (Å²) in [5, 5.41) is 9.01. The van der Waals surface area contributed by atoms with Crippen molar-refractivity contribution in [2.24, 2.45) is 0 Å². The van der Waals surface area contributed by atoms with Gasteiger partial charge in [-0.1, -0.05) is 6.92 Å². The average Bonchev–Trinajstić information content (AvgIpc) is 3.00. The Balaban J connectivity index is 2.20. The lowest BCUT2D eigenvalue weighted by Gasteiger charge is -2.22. The van der Waals surface area contributed by atoms with E-state index in [1.165, 1.54) is 16.2 Å². The zero-order valence-corrected chi connectivity index (χ0v) is 13.4. The van der Waals surface area contributed by atoms with Gasteiger partial charge in [-0.3, -0.25) is 9.59 Å². The smallest absolute Gasteiger partial charge is 0.305 e. The number of aryl methyl sites for hydroxylation is 2. The molecule has 2 rings (SSSR count). The number of hydrogen-bond acceptors (Lipinski definition) is 4. The number of aliphatic carboxylic acids is 1. The van der Waals surface area contributed by atoms with E-state index in [-0.39, 0.29) is 24.5 Å². The van der Waals surface area contributed by atoms with Gasteiger partial charge in [0.1, 0.15) is 0 Å². The highest BCUT2D eigenvalue weighted by molar-refractivity contribution is 7.14. The number of rotatable bonds is 5. The number of nitrogens with zero attached hydrogens (tertiary/aromatic N) is 1. The molecule has 1 saturated heterocycles. The third-order valence-electron chi connectivity index (χ3n) is 3.93. The van der Waals surface area contributed by atoms with Crippen LogP contribution in [0.15, 0.2) is 6.07 Å². The Kier molecular flexibility index (Phi) is 5.00. The van der Waals surface area contributed by atoms with E-state index in [1.807, 2.05) is 13.0 Å². The molecule has 21 heavy (non-hydrogen) atoms. The van der Waals surface area contributed by atoms with Gasteiger partial charge in [0.15, 0.2) is 0 Å². The quantitative estimate of drug-likeness (QED) is 0.906. The minimum Gasteiger partial charge on any atom is -0.481 e. The molecule has 2 atom stereocenters. The normalized spacial score (nSPS) is 21.8. The summed E-state index contributed by atoms with van der Waals surface area (Å²) in [6.45, 7) is 4.53. The van der Waals surface area contributed by atoms with Crippen LogP contribution in [0.4, 0.5) is 0 Å². The molecule has 0 saturated carbocycles. The number of likely N-dealkylation sites (tertiary alicyclic amines) is 1. The summed E-state index contributed by atoms with van der Waals surface area (Å²) in [7, 11) is 1.60. The van der Waals surface area contributed by atoms with E-state index in [4.69, 9.17) is 9.84 Å². The highest BCUT2D eigenvalue weighted by Crippen LogP contribution is 2.29. The molecule has 5 nitrogen and oxygen atoms in total. The number of methoxy groups -OCH3 is 1. The van der Waals surface area contributed by atoms with E-state index in [0.29, 0.717) is 17.8 Å². The molecule has 6 heteroatoms. The van der Waals surface area contributed by atoms with Crippen molar-refractivity contribution in [2.75, 3.05) is 13.7 Å². The highest BCUT2D eigenvalue weighted by atomic mass is 32.1. The Labute approximate surface area is 128 Å². The van der Waals surface area contributed by atoms with E-state index >= 15 is 0 Å². The van der Waals surface area contributed by atoms with Crippen LogP contribution in [0.5, 0.6) is 0 Å². The summed E-state index contributed by atoms with van der Waals surface area (Å²) < 4.78 is 5.31. The van der Waals surface area contributed by atoms with Gasteiger partial charge in [-0.15, -0.1) is 11.3 Å². The molecule has 0 aromatic carbocycles. The second-order valence-corrected chi connectivity index (χ2v) is 6.51. The van der Waals surface area contributed by atoms with Crippen LogP contribution in [0.25, 0.3) is 0 Å². The minimum absolute atomic E-state index is 0.0312. The Morgan fingerprint density at radius 3 is 2.76 bits per heavy atom. The molecule has 0 bridgehead atoms. The summed E-state index contributed by atoms with van der Waals surface area (Å²) in [5.74, 6) is -0.959. The van der Waals surface area contributed by atoms with Crippen molar-refractivity contribution in [3.8, 4) is 0 Å². The topological polar surface area (TPSA) is 66.8 Å². The first-order valence-corrected chi connectivity index (χ1v) is 7.92. The van der Waals surface area contributed by atoms with Gasteiger partial charge in [-0.25, -0.2) is 0 Å². The largest absolute Gasteiger partial charge is 0.481 e. The van der Waals surface area contributed by atoms with Gasteiger partial charge in [0.25, 0.3) is 5.91 Å². The number of amides is 1. The average molecular weight is 311 g/mol. The molecule has 1 fully saturated rings. The molecule has 1 aromatic rings. The van der Waals surface area contributed by atoms with Crippen molar-refractivity contribution >= 4 is 23.2 Å². The number of carbonyl (C=O) groups is 2. The lowest BCUT2D eigenvalue weighted by molar-refractivity contribution is -0.137. The predicted octanol–water partition coefficient (Wildman–Crippen LogP) is 2.32. The van der Waals surface area contributed by atoms with E-state index in [0.717, 1.165) is 12.0 Å². The first kappa shape index (κ1) is 16.0. The SMILES string of the molecule is CCc1sc(C(=O)N2CC(OC)CC2CC(=O)O)cc1C. The summed E-state index contributed by atoms with van der Waals surface area (Å²) in [5.41, 5.74) is 1.13. The molecule has 0 radical (unpaired) electrons. The van der Waals surface area contributed by atoms with Crippen LogP contribution in [0.1, 0.15) is 39.9 Å². The van der Waals surface area contributed by atoms with E-state index < -0.39 is 5.97 Å². The summed E-state index contributed by atoms with van der Waals surface area (Å²) in [6.07, 6.45) is 1.38. The van der Waals surface area contributed by atoms with Gasteiger partial charge in [-0.2, -0.15) is 0 Å². The van der Waals surface area contributed by atoms with E-state index in [9.17, 15) is 9.59 Å². The van der Waals surface area contributed by atoms with Crippen LogP contribution in [0, 0.1) is 6.92 Å². The molecular formula is C15H21NO4S. The monoisotopic (exact) mass is 311 g/mol. The van der Waals surface area contributed by atoms with Crippen LogP contribution >= 0.6 is 11.3 Å². The summed E-state index contributed by atoms with van der Waals surface area (Å²) in [4.78, 5) is 27.2. The van der Waals surface area contributed by atoms with Crippen molar-refractivity contribution in [2.45, 2.75) is 45.3 Å². The highest BCUT2D eigenvalue weighted by Gasteiger charge is 2.37.